The Morgan fingerprint density at radius 3 is 2.71 bits per heavy atom. The highest BCUT2D eigenvalue weighted by atomic mass is 16.1. The molecule has 0 unspecified atom stereocenters. The van der Waals surface area contributed by atoms with Gasteiger partial charge in [0.25, 0.3) is 5.78 Å². The number of carbonyl (C=O) groups is 1. The smallest absolute Gasteiger partial charge is 0.254 e. The monoisotopic (exact) mass is 382 g/mol. The van der Waals surface area contributed by atoms with Gasteiger partial charge < -0.3 is 10.2 Å². The molecule has 2 aromatic heterocycles. The number of piperidine rings is 1. The van der Waals surface area contributed by atoms with Gasteiger partial charge in [0.05, 0.1) is 5.69 Å². The molecule has 1 amide bonds. The molecule has 7 heteroatoms. The van der Waals surface area contributed by atoms with Gasteiger partial charge in [-0.05, 0) is 50.9 Å². The number of anilines is 1. The quantitative estimate of drug-likeness (QED) is 0.879. The van der Waals surface area contributed by atoms with Crippen LogP contribution in [0.4, 0.5) is 5.82 Å². The van der Waals surface area contributed by atoms with E-state index in [2.05, 4.69) is 25.3 Å². The lowest BCUT2D eigenvalue weighted by atomic mass is 9.89. The van der Waals surface area contributed by atoms with E-state index >= 15 is 0 Å². The Morgan fingerprint density at radius 2 is 1.89 bits per heavy atom. The summed E-state index contributed by atoms with van der Waals surface area (Å²) < 4.78 is 1.90. The third kappa shape index (κ3) is 3.35. The van der Waals surface area contributed by atoms with E-state index in [0.717, 1.165) is 57.6 Å². The van der Waals surface area contributed by atoms with Gasteiger partial charge >= 0.3 is 0 Å². The van der Waals surface area contributed by atoms with Gasteiger partial charge in [-0.2, -0.15) is 14.6 Å². The molecule has 1 saturated carbocycles. The van der Waals surface area contributed by atoms with Crippen molar-refractivity contribution in [3.63, 3.8) is 0 Å². The minimum atomic E-state index is 0.140. The largest absolute Gasteiger partial charge is 0.356 e. The van der Waals surface area contributed by atoms with Crippen molar-refractivity contribution in [3.8, 4) is 0 Å². The molecular weight excluding hydrogens is 352 g/mol. The summed E-state index contributed by atoms with van der Waals surface area (Å²) in [6.07, 6.45) is 13.2. The highest BCUT2D eigenvalue weighted by Crippen LogP contribution is 2.33. The maximum atomic E-state index is 12.7. The number of hydrogen-bond acceptors (Lipinski definition) is 5. The molecule has 2 aliphatic carbocycles. The van der Waals surface area contributed by atoms with Gasteiger partial charge in [0, 0.05) is 31.1 Å². The highest BCUT2D eigenvalue weighted by Gasteiger charge is 2.30. The molecule has 0 atom stereocenters. The van der Waals surface area contributed by atoms with Gasteiger partial charge in [0.1, 0.15) is 12.1 Å². The van der Waals surface area contributed by atoms with Crippen LogP contribution in [0.25, 0.3) is 5.78 Å². The zero-order valence-electron chi connectivity index (χ0n) is 16.6. The molecule has 1 saturated heterocycles. The van der Waals surface area contributed by atoms with E-state index in [0.29, 0.717) is 11.7 Å². The fraction of sp³-hybridized carbons (Fsp3) is 0.714. The number of carbonyl (C=O) groups excluding carboxylic acids is 1. The first-order chi connectivity index (χ1) is 13.8. The summed E-state index contributed by atoms with van der Waals surface area (Å²) in [6.45, 7) is 2.66. The molecule has 0 spiro atoms. The average molecular weight is 383 g/mol. The average Bonchev–Trinajstić information content (AvgIpc) is 3.40. The zero-order chi connectivity index (χ0) is 18.9. The molecule has 7 nitrogen and oxygen atoms in total. The fourth-order valence-electron chi connectivity index (χ4n) is 5.26. The van der Waals surface area contributed by atoms with Crippen LogP contribution < -0.4 is 10.2 Å². The standard InChI is InChI=1S/C21H30N6O/c28-19(22-13-15-5-2-1-3-6-15)16-9-11-26(12-10-16)20-17-7-4-8-18(17)25-21-23-14-24-27(20)21/h14-16H,1-13H2,(H,22,28). The minimum Gasteiger partial charge on any atom is -0.356 e. The molecule has 150 valence electrons. The van der Waals surface area contributed by atoms with Gasteiger partial charge in [0.2, 0.25) is 5.91 Å². The molecule has 1 N–H and O–H groups in total. The minimum absolute atomic E-state index is 0.140. The molecule has 1 aliphatic heterocycles. The first-order valence-electron chi connectivity index (χ1n) is 11.0. The van der Waals surface area contributed by atoms with E-state index in [9.17, 15) is 4.79 Å². The Morgan fingerprint density at radius 1 is 1.07 bits per heavy atom. The van der Waals surface area contributed by atoms with Crippen LogP contribution in [0.15, 0.2) is 6.33 Å². The number of aryl methyl sites for hydroxylation is 1. The molecule has 28 heavy (non-hydrogen) atoms. The molecule has 2 aromatic rings. The van der Waals surface area contributed by atoms with Crippen LogP contribution in [-0.2, 0) is 17.6 Å². The third-order valence-electron chi connectivity index (χ3n) is 6.88. The molecule has 3 aliphatic rings. The summed E-state index contributed by atoms with van der Waals surface area (Å²) >= 11 is 0. The van der Waals surface area contributed by atoms with Crippen LogP contribution in [0, 0.1) is 11.8 Å². The normalized spacial score (nSPS) is 21.2. The Labute approximate surface area is 165 Å². The van der Waals surface area contributed by atoms with Crippen molar-refractivity contribution in [3.05, 3.63) is 17.6 Å². The fourth-order valence-corrected chi connectivity index (χ4v) is 5.26. The van der Waals surface area contributed by atoms with E-state index < -0.39 is 0 Å². The molecule has 2 fully saturated rings. The van der Waals surface area contributed by atoms with E-state index in [-0.39, 0.29) is 11.8 Å². The second kappa shape index (κ2) is 7.68. The van der Waals surface area contributed by atoms with Crippen LogP contribution in [0.1, 0.15) is 62.6 Å². The van der Waals surface area contributed by atoms with E-state index in [1.54, 1.807) is 6.33 Å². The lowest BCUT2D eigenvalue weighted by Crippen LogP contribution is -2.42. The van der Waals surface area contributed by atoms with Crippen molar-refractivity contribution in [2.24, 2.45) is 11.8 Å². The molecule has 0 aromatic carbocycles. The van der Waals surface area contributed by atoms with Gasteiger partial charge in [-0.1, -0.05) is 19.3 Å². The first kappa shape index (κ1) is 17.9. The first-order valence-corrected chi connectivity index (χ1v) is 11.0. The SMILES string of the molecule is O=C(NCC1CCCCC1)C1CCN(c2c3c(nc4ncnn24)CCC3)CC1. The number of rotatable bonds is 4. The van der Waals surface area contributed by atoms with E-state index in [4.69, 9.17) is 0 Å². The highest BCUT2D eigenvalue weighted by molar-refractivity contribution is 5.79. The summed E-state index contributed by atoms with van der Waals surface area (Å²) in [5, 5.41) is 7.68. The molecule has 3 heterocycles. The Hall–Kier alpha value is -2.18. The summed E-state index contributed by atoms with van der Waals surface area (Å²) in [6, 6.07) is 0. The number of nitrogens with one attached hydrogen (secondary N) is 1. The van der Waals surface area contributed by atoms with Crippen molar-refractivity contribution < 1.29 is 4.79 Å². The maximum absolute atomic E-state index is 12.7. The number of amides is 1. The van der Waals surface area contributed by atoms with Crippen molar-refractivity contribution in [1.82, 2.24) is 24.9 Å². The van der Waals surface area contributed by atoms with E-state index in [1.807, 2.05) is 4.52 Å². The number of hydrogen-bond donors (Lipinski definition) is 1. The maximum Gasteiger partial charge on any atom is 0.254 e. The predicted octanol–water partition coefficient (Wildman–Crippen LogP) is 2.53. The van der Waals surface area contributed by atoms with Crippen molar-refractivity contribution in [1.29, 1.82) is 0 Å². The second-order valence-corrected chi connectivity index (χ2v) is 8.70. The predicted molar refractivity (Wildman–Crippen MR) is 107 cm³/mol. The second-order valence-electron chi connectivity index (χ2n) is 8.70. The Balaban J connectivity index is 1.23. The van der Waals surface area contributed by atoms with Crippen LogP contribution >= 0.6 is 0 Å². The van der Waals surface area contributed by atoms with Gasteiger partial charge in [-0.15, -0.1) is 0 Å². The molecule has 5 rings (SSSR count). The third-order valence-corrected chi connectivity index (χ3v) is 6.88. The van der Waals surface area contributed by atoms with Crippen molar-refractivity contribution >= 4 is 17.5 Å². The molecule has 0 radical (unpaired) electrons. The lowest BCUT2D eigenvalue weighted by molar-refractivity contribution is -0.125. The Bertz CT molecular complexity index is 848. The molecular formula is C21H30N6O. The van der Waals surface area contributed by atoms with E-state index in [1.165, 1.54) is 43.4 Å². The van der Waals surface area contributed by atoms with Crippen LogP contribution in [0.3, 0.4) is 0 Å². The lowest BCUT2D eigenvalue weighted by Gasteiger charge is -2.34. The summed E-state index contributed by atoms with van der Waals surface area (Å²) in [7, 11) is 0. The summed E-state index contributed by atoms with van der Waals surface area (Å²) in [4.78, 5) is 24.1. The van der Waals surface area contributed by atoms with Gasteiger partial charge in [-0.3, -0.25) is 4.79 Å². The summed E-state index contributed by atoms with van der Waals surface area (Å²) in [5.41, 5.74) is 2.51. The van der Waals surface area contributed by atoms with Crippen LogP contribution in [0.2, 0.25) is 0 Å². The number of nitrogens with zero attached hydrogens (tertiary/aromatic N) is 5. The number of fused-ring (bicyclic) bond motifs is 2. The topological polar surface area (TPSA) is 75.4 Å². The summed E-state index contributed by atoms with van der Waals surface area (Å²) in [5.74, 6) is 2.95. The van der Waals surface area contributed by atoms with Crippen LogP contribution in [-0.4, -0.2) is 45.1 Å². The van der Waals surface area contributed by atoms with Gasteiger partial charge in [-0.25, -0.2) is 4.98 Å². The van der Waals surface area contributed by atoms with Gasteiger partial charge in [0.15, 0.2) is 0 Å². The van der Waals surface area contributed by atoms with Crippen LogP contribution in [0.5, 0.6) is 0 Å². The Kier molecular flexibility index (Phi) is 4.91. The molecule has 0 bridgehead atoms. The number of aromatic nitrogens is 4. The van der Waals surface area contributed by atoms with Crippen molar-refractivity contribution in [2.45, 2.75) is 64.2 Å². The zero-order valence-corrected chi connectivity index (χ0v) is 16.6. The van der Waals surface area contributed by atoms with Crippen molar-refractivity contribution in [2.75, 3.05) is 24.5 Å².